The molecular formula is C29H36N8O4. The number of aryl methyl sites for hydroxylation is 3. The van der Waals surface area contributed by atoms with Crippen molar-refractivity contribution in [3.8, 4) is 11.5 Å². The van der Waals surface area contributed by atoms with Gasteiger partial charge in [0.25, 0.3) is 0 Å². The highest BCUT2D eigenvalue weighted by molar-refractivity contribution is 5.51. The van der Waals surface area contributed by atoms with Gasteiger partial charge < -0.3 is 20.4 Å². The number of nitrogens with zero attached hydrogens (tertiary/aromatic N) is 8. The van der Waals surface area contributed by atoms with E-state index in [1.807, 2.05) is 13.0 Å². The topological polar surface area (TPSA) is 145 Å². The van der Waals surface area contributed by atoms with Crippen molar-refractivity contribution in [1.82, 2.24) is 39.5 Å². The number of fused-ring (bicyclic) bond motifs is 4. The molecule has 3 aromatic heterocycles. The fraction of sp³-hybridized carbons (Fsp3) is 0.517. The number of aromatic hydroxyl groups is 2. The van der Waals surface area contributed by atoms with E-state index in [0.717, 1.165) is 69.3 Å². The number of aromatic nitrogens is 4. The number of rotatable bonds is 6. The first-order valence-corrected chi connectivity index (χ1v) is 14.2. The standard InChI is InChI=1S/C29H36N8O4/c1-17-12-24(28(34-4-5-35(28)7-6-34)22-13-30-18(2)25(40)20(22)15-38)33-27(32-17)29(36-8-9-37(29)11-10-36)23-14-31-19(3)26(41)21(23)16-39/h12-14,38-41H,4-11,15-16H2,1-3H3. The molecule has 3 aromatic rings. The largest absolute Gasteiger partial charge is 0.506 e. The van der Waals surface area contributed by atoms with Gasteiger partial charge in [0.1, 0.15) is 17.2 Å². The summed E-state index contributed by atoms with van der Waals surface area (Å²) in [5.74, 6) is 0.549. The third-order valence-corrected chi connectivity index (χ3v) is 9.66. The van der Waals surface area contributed by atoms with Crippen molar-refractivity contribution >= 4 is 0 Å². The molecule has 216 valence electrons. The SMILES string of the molecule is Cc1cc(C2(c3cnc(C)c(O)c3CO)N3CCN2CC3)nc(C2(c3cnc(C)c(O)c3CO)N3CCN2CC3)n1. The highest BCUT2D eigenvalue weighted by Gasteiger charge is 2.60. The van der Waals surface area contributed by atoms with Crippen molar-refractivity contribution in [3.05, 3.63) is 69.3 Å². The van der Waals surface area contributed by atoms with Crippen LogP contribution in [-0.4, -0.2) is 112 Å². The Labute approximate surface area is 238 Å². The molecule has 0 unspecified atom stereocenters. The molecular weight excluding hydrogens is 524 g/mol. The van der Waals surface area contributed by atoms with E-state index in [1.165, 1.54) is 0 Å². The van der Waals surface area contributed by atoms with Gasteiger partial charge in [-0.3, -0.25) is 29.6 Å². The fourth-order valence-corrected chi connectivity index (χ4v) is 7.77. The Morgan fingerprint density at radius 3 is 1.51 bits per heavy atom. The van der Waals surface area contributed by atoms with Crippen LogP contribution >= 0.6 is 0 Å². The predicted molar refractivity (Wildman–Crippen MR) is 148 cm³/mol. The van der Waals surface area contributed by atoms with Gasteiger partial charge in [-0.25, -0.2) is 9.97 Å². The molecule has 12 nitrogen and oxygen atoms in total. The number of hydrogen-bond donors (Lipinski definition) is 4. The molecule has 4 fully saturated rings. The fourth-order valence-electron chi connectivity index (χ4n) is 7.77. The third-order valence-electron chi connectivity index (χ3n) is 9.66. The summed E-state index contributed by atoms with van der Waals surface area (Å²) < 4.78 is 0. The normalized spacial score (nSPS) is 31.8. The van der Waals surface area contributed by atoms with Crippen molar-refractivity contribution in [2.45, 2.75) is 45.3 Å². The van der Waals surface area contributed by atoms with Crippen LogP contribution in [0.25, 0.3) is 0 Å². The molecule has 4 bridgehead atoms. The lowest BCUT2D eigenvalue weighted by Gasteiger charge is -2.41. The molecule has 0 aromatic carbocycles. The number of piperazine rings is 2. The molecule has 0 saturated carbocycles. The van der Waals surface area contributed by atoms with E-state index in [4.69, 9.17) is 9.97 Å². The van der Waals surface area contributed by atoms with Crippen molar-refractivity contribution < 1.29 is 20.4 Å². The predicted octanol–water partition coefficient (Wildman–Crippen LogP) is 0.252. The maximum absolute atomic E-state index is 11.0. The van der Waals surface area contributed by atoms with Gasteiger partial charge >= 0.3 is 0 Å². The zero-order valence-corrected chi connectivity index (χ0v) is 23.7. The molecule has 0 atom stereocenters. The summed E-state index contributed by atoms with van der Waals surface area (Å²) in [6.45, 7) is 11.1. The summed E-state index contributed by atoms with van der Waals surface area (Å²) in [7, 11) is 0. The van der Waals surface area contributed by atoms with Crippen LogP contribution in [-0.2, 0) is 24.5 Å². The van der Waals surface area contributed by atoms with Crippen molar-refractivity contribution in [2.24, 2.45) is 0 Å². The quantitative estimate of drug-likeness (QED) is 0.328. The molecule has 7 heterocycles. The van der Waals surface area contributed by atoms with E-state index < -0.39 is 11.3 Å². The number of pyridine rings is 2. The Morgan fingerprint density at radius 1 is 0.659 bits per heavy atom. The first-order chi connectivity index (χ1) is 19.8. The Kier molecular flexibility index (Phi) is 6.09. The van der Waals surface area contributed by atoms with E-state index in [0.29, 0.717) is 33.9 Å². The molecule has 12 heteroatoms. The summed E-state index contributed by atoms with van der Waals surface area (Å²) in [6.07, 6.45) is 3.51. The molecule has 0 spiro atoms. The minimum Gasteiger partial charge on any atom is -0.506 e. The van der Waals surface area contributed by atoms with Gasteiger partial charge in [-0.1, -0.05) is 0 Å². The molecule has 7 rings (SSSR count). The maximum Gasteiger partial charge on any atom is 0.169 e. The van der Waals surface area contributed by atoms with Gasteiger partial charge in [0.05, 0.1) is 30.3 Å². The molecule has 0 aliphatic carbocycles. The Bertz CT molecular complexity index is 1400. The molecule has 41 heavy (non-hydrogen) atoms. The average molecular weight is 561 g/mol. The third kappa shape index (κ3) is 3.37. The van der Waals surface area contributed by atoms with Crippen LogP contribution in [0.1, 0.15) is 50.9 Å². The van der Waals surface area contributed by atoms with Crippen LogP contribution < -0.4 is 0 Å². The minimum absolute atomic E-state index is 0.000369. The smallest absolute Gasteiger partial charge is 0.169 e. The van der Waals surface area contributed by atoms with E-state index in [9.17, 15) is 20.4 Å². The Morgan fingerprint density at radius 2 is 1.07 bits per heavy atom. The summed E-state index contributed by atoms with van der Waals surface area (Å²) in [5.41, 5.74) is 2.99. The summed E-state index contributed by atoms with van der Waals surface area (Å²) in [4.78, 5) is 28.7. The number of aliphatic hydroxyl groups excluding tert-OH is 2. The van der Waals surface area contributed by atoms with Crippen LogP contribution in [0.15, 0.2) is 18.5 Å². The maximum atomic E-state index is 11.0. The summed E-state index contributed by atoms with van der Waals surface area (Å²) >= 11 is 0. The molecule has 4 N–H and O–H groups in total. The lowest BCUT2D eigenvalue weighted by atomic mass is 9.89. The number of hydrogen-bond acceptors (Lipinski definition) is 12. The molecule has 4 aliphatic rings. The van der Waals surface area contributed by atoms with Gasteiger partial charge in [0, 0.05) is 92.7 Å². The van der Waals surface area contributed by atoms with Crippen LogP contribution in [0, 0.1) is 20.8 Å². The summed E-state index contributed by atoms with van der Waals surface area (Å²) in [5, 5.41) is 42.9. The van der Waals surface area contributed by atoms with Crippen molar-refractivity contribution in [1.29, 1.82) is 0 Å². The molecule has 0 amide bonds. The van der Waals surface area contributed by atoms with Gasteiger partial charge in [-0.15, -0.1) is 0 Å². The summed E-state index contributed by atoms with van der Waals surface area (Å²) in [6, 6.07) is 1.99. The minimum atomic E-state index is -0.909. The second-order valence-electron chi connectivity index (χ2n) is 11.5. The first kappa shape index (κ1) is 26.6. The van der Waals surface area contributed by atoms with Crippen LogP contribution in [0.4, 0.5) is 0 Å². The van der Waals surface area contributed by atoms with Gasteiger partial charge in [-0.2, -0.15) is 0 Å². The van der Waals surface area contributed by atoms with Crippen LogP contribution in [0.2, 0.25) is 0 Å². The zero-order valence-electron chi connectivity index (χ0n) is 23.7. The van der Waals surface area contributed by atoms with Crippen LogP contribution in [0.3, 0.4) is 0 Å². The second kappa shape index (κ2) is 9.38. The lowest BCUT2D eigenvalue weighted by molar-refractivity contribution is 0.114. The Balaban J connectivity index is 1.51. The first-order valence-electron chi connectivity index (χ1n) is 14.2. The van der Waals surface area contributed by atoms with Crippen LogP contribution in [0.5, 0.6) is 11.5 Å². The monoisotopic (exact) mass is 560 g/mol. The highest BCUT2D eigenvalue weighted by Crippen LogP contribution is 2.51. The molecule has 4 saturated heterocycles. The number of aliphatic hydroxyl groups is 2. The van der Waals surface area contributed by atoms with Crippen molar-refractivity contribution in [2.75, 3.05) is 52.4 Å². The van der Waals surface area contributed by atoms with E-state index in [1.54, 1.807) is 26.2 Å². The van der Waals surface area contributed by atoms with E-state index >= 15 is 0 Å². The lowest BCUT2D eigenvalue weighted by Crippen LogP contribution is -2.49. The van der Waals surface area contributed by atoms with E-state index in [2.05, 4.69) is 29.6 Å². The van der Waals surface area contributed by atoms with Crippen molar-refractivity contribution in [3.63, 3.8) is 0 Å². The Hall–Kier alpha value is -3.26. The zero-order chi connectivity index (χ0) is 28.7. The second-order valence-corrected chi connectivity index (χ2v) is 11.5. The van der Waals surface area contributed by atoms with Gasteiger partial charge in [0.2, 0.25) is 0 Å². The van der Waals surface area contributed by atoms with Gasteiger partial charge in [0.15, 0.2) is 11.5 Å². The average Bonchev–Trinajstić information content (AvgIpc) is 3.73. The molecule has 4 aliphatic heterocycles. The van der Waals surface area contributed by atoms with Gasteiger partial charge in [-0.05, 0) is 26.8 Å². The highest BCUT2D eigenvalue weighted by atomic mass is 16.3. The van der Waals surface area contributed by atoms with E-state index in [-0.39, 0.29) is 24.7 Å². The molecule has 0 radical (unpaired) electrons.